The van der Waals surface area contributed by atoms with Crippen LogP contribution in [0.5, 0.6) is 17.2 Å². The molecule has 3 heterocycles. The SMILES string of the molecule is CC=CC(C)=CS(=O)(=O)Oc1cccc2c1Oc1c(c3nccnc3c3nccnc13)N2. The Balaban J connectivity index is 1.65. The van der Waals surface area contributed by atoms with Gasteiger partial charge in [0.15, 0.2) is 17.2 Å². The molecule has 0 unspecified atom stereocenters. The van der Waals surface area contributed by atoms with Gasteiger partial charge in [-0.25, -0.2) is 4.98 Å². The molecule has 9 nitrogen and oxygen atoms in total. The standard InChI is InChI=1S/C22H17N5O4S/c1-3-5-13(2)12-32(28,29)31-15-7-4-6-14-21(15)30-22-19-17(24-10-11-26-19)16-18(20(22)27-14)25-9-8-23-16/h3-12,27H,1-2H3. The zero-order valence-corrected chi connectivity index (χ0v) is 17.9. The number of nitrogens with zero attached hydrogens (tertiary/aromatic N) is 4. The lowest BCUT2D eigenvalue weighted by atomic mass is 10.1. The highest BCUT2D eigenvalue weighted by molar-refractivity contribution is 7.90. The van der Waals surface area contributed by atoms with Crippen LogP contribution in [0, 0.1) is 0 Å². The number of anilines is 2. The van der Waals surface area contributed by atoms with Crippen LogP contribution in [0.2, 0.25) is 0 Å². The molecule has 0 saturated heterocycles. The molecule has 2 aromatic heterocycles. The van der Waals surface area contributed by atoms with Crippen LogP contribution >= 0.6 is 0 Å². The van der Waals surface area contributed by atoms with Gasteiger partial charge in [0.25, 0.3) is 0 Å². The van der Waals surface area contributed by atoms with Crippen LogP contribution in [0.25, 0.3) is 22.1 Å². The lowest BCUT2D eigenvalue weighted by molar-refractivity contribution is 0.441. The van der Waals surface area contributed by atoms with E-state index in [0.29, 0.717) is 44.8 Å². The number of ether oxygens (including phenoxy) is 1. The first-order valence-electron chi connectivity index (χ1n) is 9.67. The average Bonchev–Trinajstić information content (AvgIpc) is 2.78. The average molecular weight is 447 g/mol. The Morgan fingerprint density at radius 3 is 2.34 bits per heavy atom. The Morgan fingerprint density at radius 1 is 0.969 bits per heavy atom. The largest absolute Gasteiger partial charge is 0.447 e. The number of rotatable bonds is 4. The molecule has 1 aliphatic heterocycles. The summed E-state index contributed by atoms with van der Waals surface area (Å²) in [6.45, 7) is 3.48. The van der Waals surface area contributed by atoms with Gasteiger partial charge in [-0.2, -0.15) is 8.42 Å². The molecule has 10 heteroatoms. The van der Waals surface area contributed by atoms with Crippen LogP contribution in [0.1, 0.15) is 13.8 Å². The second kappa shape index (κ2) is 7.57. The minimum atomic E-state index is -4.02. The number of para-hydroxylation sites is 1. The molecule has 1 aliphatic rings. The lowest BCUT2D eigenvalue weighted by Crippen LogP contribution is -2.10. The highest BCUT2D eigenvalue weighted by atomic mass is 32.2. The summed E-state index contributed by atoms with van der Waals surface area (Å²) >= 11 is 0. The molecule has 0 amide bonds. The first-order valence-corrected chi connectivity index (χ1v) is 11.1. The van der Waals surface area contributed by atoms with Crippen LogP contribution in [0.15, 0.2) is 66.1 Å². The summed E-state index contributed by atoms with van der Waals surface area (Å²) in [5.41, 5.74) is 3.75. The molecule has 0 spiro atoms. The minimum absolute atomic E-state index is 0.0430. The fraction of sp³-hybridized carbons (Fsp3) is 0.0909. The maximum atomic E-state index is 12.6. The van der Waals surface area contributed by atoms with Gasteiger partial charge in [0, 0.05) is 24.8 Å². The Morgan fingerprint density at radius 2 is 1.62 bits per heavy atom. The van der Waals surface area contributed by atoms with Gasteiger partial charge < -0.3 is 14.2 Å². The molecular formula is C22H17N5O4S. The Bertz CT molecular complexity index is 1550. The van der Waals surface area contributed by atoms with E-state index in [2.05, 4.69) is 25.3 Å². The van der Waals surface area contributed by atoms with Gasteiger partial charge in [-0.3, -0.25) is 15.0 Å². The number of allylic oxidation sites excluding steroid dienone is 3. The van der Waals surface area contributed by atoms with Gasteiger partial charge in [-0.1, -0.05) is 18.2 Å². The fourth-order valence-electron chi connectivity index (χ4n) is 3.51. The third-order valence-corrected chi connectivity index (χ3v) is 5.78. The summed E-state index contributed by atoms with van der Waals surface area (Å²) in [5.74, 6) is 0.625. The lowest BCUT2D eigenvalue weighted by Gasteiger charge is -2.24. The van der Waals surface area contributed by atoms with Crippen molar-refractivity contribution in [3.63, 3.8) is 0 Å². The van der Waals surface area contributed by atoms with Gasteiger partial charge in [0.05, 0.1) is 11.1 Å². The number of fused-ring (bicyclic) bond motifs is 7. The third-order valence-electron chi connectivity index (χ3n) is 4.71. The molecule has 1 N–H and O–H groups in total. The molecule has 0 saturated carbocycles. The predicted octanol–water partition coefficient (Wildman–Crippen LogP) is 4.61. The van der Waals surface area contributed by atoms with E-state index in [0.717, 1.165) is 5.41 Å². The van der Waals surface area contributed by atoms with Gasteiger partial charge >= 0.3 is 10.1 Å². The Labute approximate surface area is 183 Å². The van der Waals surface area contributed by atoms with Crippen molar-refractivity contribution < 1.29 is 17.3 Å². The van der Waals surface area contributed by atoms with Crippen molar-refractivity contribution in [2.45, 2.75) is 13.8 Å². The van der Waals surface area contributed by atoms with E-state index in [4.69, 9.17) is 8.92 Å². The zero-order chi connectivity index (χ0) is 22.3. The fourth-order valence-corrected chi connectivity index (χ4v) is 4.48. The molecular weight excluding hydrogens is 430 g/mol. The minimum Gasteiger partial charge on any atom is -0.447 e. The summed E-state index contributed by atoms with van der Waals surface area (Å²) in [6.07, 6.45) is 9.69. The number of benzene rings is 2. The molecule has 5 rings (SSSR count). The zero-order valence-electron chi connectivity index (χ0n) is 17.1. The Hall–Kier alpha value is -4.05. The molecule has 0 fully saturated rings. The molecule has 2 aromatic carbocycles. The highest BCUT2D eigenvalue weighted by Gasteiger charge is 2.28. The molecule has 0 bridgehead atoms. The summed E-state index contributed by atoms with van der Waals surface area (Å²) in [7, 11) is -4.02. The van der Waals surface area contributed by atoms with Gasteiger partial charge in [-0.15, -0.1) is 0 Å². The first-order chi connectivity index (χ1) is 15.5. The van der Waals surface area contributed by atoms with Crippen molar-refractivity contribution in [2.75, 3.05) is 5.32 Å². The quantitative estimate of drug-likeness (QED) is 0.239. The van der Waals surface area contributed by atoms with Crippen LogP contribution in [0.3, 0.4) is 0 Å². The van der Waals surface area contributed by atoms with E-state index in [9.17, 15) is 8.42 Å². The second-order valence-electron chi connectivity index (χ2n) is 7.01. The van der Waals surface area contributed by atoms with E-state index in [1.54, 1.807) is 62.9 Å². The van der Waals surface area contributed by atoms with Crippen LogP contribution < -0.4 is 14.2 Å². The highest BCUT2D eigenvalue weighted by Crippen LogP contribution is 2.51. The molecule has 0 aliphatic carbocycles. The molecule has 32 heavy (non-hydrogen) atoms. The maximum Gasteiger partial charge on any atom is 0.332 e. The van der Waals surface area contributed by atoms with E-state index in [1.807, 2.05) is 0 Å². The topological polar surface area (TPSA) is 116 Å². The van der Waals surface area contributed by atoms with Crippen molar-refractivity contribution in [3.8, 4) is 17.2 Å². The smallest absolute Gasteiger partial charge is 0.332 e. The summed E-state index contributed by atoms with van der Waals surface area (Å²) < 4.78 is 36.6. The van der Waals surface area contributed by atoms with E-state index < -0.39 is 10.1 Å². The number of aromatic nitrogens is 4. The monoisotopic (exact) mass is 447 g/mol. The second-order valence-corrected chi connectivity index (χ2v) is 8.40. The van der Waals surface area contributed by atoms with E-state index >= 15 is 0 Å². The van der Waals surface area contributed by atoms with Crippen molar-refractivity contribution >= 4 is 43.6 Å². The van der Waals surface area contributed by atoms with Crippen LogP contribution in [-0.2, 0) is 10.1 Å². The van der Waals surface area contributed by atoms with Gasteiger partial charge in [-0.05, 0) is 31.6 Å². The normalized spacial score (nSPS) is 13.5. The summed E-state index contributed by atoms with van der Waals surface area (Å²) in [5, 5.41) is 4.32. The van der Waals surface area contributed by atoms with Crippen LogP contribution in [-0.4, -0.2) is 28.4 Å². The first kappa shape index (κ1) is 19.9. The summed E-state index contributed by atoms with van der Waals surface area (Å²) in [4.78, 5) is 17.6. The molecule has 0 atom stereocenters. The van der Waals surface area contributed by atoms with Crippen LogP contribution in [0.4, 0.5) is 11.4 Å². The van der Waals surface area contributed by atoms with Crippen molar-refractivity contribution in [3.05, 3.63) is 66.1 Å². The number of nitrogens with one attached hydrogen (secondary N) is 1. The Kier molecular flexibility index (Phi) is 4.71. The number of hydrogen-bond donors (Lipinski definition) is 1. The van der Waals surface area contributed by atoms with E-state index in [1.165, 1.54) is 6.07 Å². The van der Waals surface area contributed by atoms with Crippen molar-refractivity contribution in [1.29, 1.82) is 0 Å². The third kappa shape index (κ3) is 3.40. The van der Waals surface area contributed by atoms with E-state index in [-0.39, 0.29) is 11.5 Å². The predicted molar refractivity (Wildman–Crippen MR) is 121 cm³/mol. The maximum absolute atomic E-state index is 12.6. The van der Waals surface area contributed by atoms with Crippen molar-refractivity contribution in [1.82, 2.24) is 19.9 Å². The number of hydrogen-bond acceptors (Lipinski definition) is 9. The van der Waals surface area contributed by atoms with Crippen molar-refractivity contribution in [2.24, 2.45) is 0 Å². The molecule has 4 aromatic rings. The van der Waals surface area contributed by atoms with Gasteiger partial charge in [0.2, 0.25) is 0 Å². The molecule has 0 radical (unpaired) electrons. The summed E-state index contributed by atoms with van der Waals surface area (Å²) in [6, 6.07) is 4.95. The molecule has 160 valence electrons. The van der Waals surface area contributed by atoms with Gasteiger partial charge in [0.1, 0.15) is 27.8 Å².